The molecule has 0 amide bonds. The van der Waals surface area contributed by atoms with Gasteiger partial charge in [0.05, 0.1) is 4.91 Å². The Labute approximate surface area is 236 Å². The van der Waals surface area contributed by atoms with Gasteiger partial charge in [-0.15, -0.1) is 0 Å². The minimum atomic E-state index is -3.67. The van der Waals surface area contributed by atoms with Crippen molar-refractivity contribution in [3.05, 3.63) is 99.6 Å². The maximum atomic E-state index is 13.8. The number of halogens is 3. The van der Waals surface area contributed by atoms with E-state index in [4.69, 9.17) is 11.6 Å². The van der Waals surface area contributed by atoms with E-state index >= 15 is 0 Å². The third-order valence-electron chi connectivity index (χ3n) is 7.39. The van der Waals surface area contributed by atoms with E-state index in [0.29, 0.717) is 25.2 Å². The zero-order valence-electron chi connectivity index (χ0n) is 22.9. The zero-order valence-corrected chi connectivity index (χ0v) is 24.5. The van der Waals surface area contributed by atoms with Crippen LogP contribution < -0.4 is 0 Å². The van der Waals surface area contributed by atoms with Crippen molar-refractivity contribution in [2.75, 3.05) is 45.5 Å². The molecule has 39 heavy (non-hydrogen) atoms. The molecule has 0 bridgehead atoms. The average molecular weight is 575 g/mol. The number of nitrogens with zero attached hydrogens (tertiary/aromatic N) is 2. The fraction of sp³-hybridized carbons (Fsp3) is 0.419. The Bertz CT molecular complexity index is 1370. The van der Waals surface area contributed by atoms with E-state index in [1.54, 1.807) is 0 Å². The van der Waals surface area contributed by atoms with Crippen LogP contribution in [-0.2, 0) is 15.3 Å². The lowest BCUT2D eigenvalue weighted by atomic mass is 9.73. The summed E-state index contributed by atoms with van der Waals surface area (Å²) >= 11 is 6.71. The molecule has 0 N–H and O–H groups in total. The van der Waals surface area contributed by atoms with Gasteiger partial charge in [0.2, 0.25) is 0 Å². The lowest BCUT2D eigenvalue weighted by Gasteiger charge is -2.40. The van der Waals surface area contributed by atoms with Crippen molar-refractivity contribution < 1.29 is 17.2 Å². The molecule has 0 saturated carbocycles. The highest BCUT2D eigenvalue weighted by Gasteiger charge is 2.35. The Balaban J connectivity index is 1.52. The molecule has 0 radical (unpaired) electrons. The van der Waals surface area contributed by atoms with Crippen molar-refractivity contribution >= 4 is 26.3 Å². The predicted octanol–water partition coefficient (Wildman–Crippen LogP) is 6.64. The van der Waals surface area contributed by atoms with E-state index in [-0.39, 0.29) is 15.9 Å². The lowest BCUT2D eigenvalue weighted by Crippen LogP contribution is -2.43. The number of rotatable bonds is 11. The first-order chi connectivity index (χ1) is 18.5. The first kappa shape index (κ1) is 29.7. The highest BCUT2D eigenvalue weighted by molar-refractivity contribution is 8.00. The molecule has 0 aromatic heterocycles. The summed E-state index contributed by atoms with van der Waals surface area (Å²) in [6.07, 6.45) is 10.8. The van der Waals surface area contributed by atoms with E-state index < -0.39 is 21.5 Å². The van der Waals surface area contributed by atoms with Crippen LogP contribution in [-0.4, -0.2) is 63.7 Å². The highest BCUT2D eigenvalue weighted by Crippen LogP contribution is 2.39. The summed E-state index contributed by atoms with van der Waals surface area (Å²) in [6, 6.07) is 11.0. The third-order valence-corrected chi connectivity index (χ3v) is 8.99. The van der Waals surface area contributed by atoms with Crippen molar-refractivity contribution in [3.8, 4) is 0 Å². The molecule has 210 valence electrons. The summed E-state index contributed by atoms with van der Waals surface area (Å²) in [7, 11) is -3.67. The van der Waals surface area contributed by atoms with Crippen LogP contribution in [0.2, 0.25) is 5.02 Å². The van der Waals surface area contributed by atoms with Gasteiger partial charge in [0.1, 0.15) is 11.6 Å². The van der Waals surface area contributed by atoms with Crippen LogP contribution in [0.4, 0.5) is 8.78 Å². The van der Waals surface area contributed by atoms with Gasteiger partial charge < -0.3 is 4.90 Å². The predicted molar refractivity (Wildman–Crippen MR) is 157 cm³/mol. The molecule has 1 heterocycles. The fourth-order valence-corrected chi connectivity index (χ4v) is 7.30. The smallest absolute Gasteiger partial charge is 0.176 e. The second-order valence-electron chi connectivity index (χ2n) is 10.7. The van der Waals surface area contributed by atoms with Gasteiger partial charge in [-0.05, 0) is 72.8 Å². The number of sulfone groups is 1. The average Bonchev–Trinajstić information content (AvgIpc) is 2.83. The summed E-state index contributed by atoms with van der Waals surface area (Å²) < 4.78 is 52.7. The number of hydrogen-bond acceptors (Lipinski definition) is 4. The molecule has 1 atom stereocenters. The second kappa shape index (κ2) is 12.5. The van der Waals surface area contributed by atoms with E-state index in [2.05, 4.69) is 47.9 Å². The standard InChI is InChI=1S/C31H37ClF2N2O2S/c1-4-14-35(15-5-2)22-31(28-8-6-7-9-29(28)32)12-10-23(11-13-31)19-36-20-25(21-36)30(39(3,37)38)24-16-26(33)18-27(34)17-24/h6-12,16-18H,4-5,13-15,19-22H2,1-3H3/t31-/m1/s1. The molecule has 1 fully saturated rings. The largest absolute Gasteiger partial charge is 0.302 e. The Kier molecular flexibility index (Phi) is 9.48. The van der Waals surface area contributed by atoms with Crippen LogP contribution in [0.3, 0.4) is 0 Å². The second-order valence-corrected chi connectivity index (χ2v) is 13.1. The van der Waals surface area contributed by atoms with E-state index in [0.717, 1.165) is 79.5 Å². The Hall–Kier alpha value is -2.32. The molecule has 8 heteroatoms. The van der Waals surface area contributed by atoms with E-state index in [1.807, 2.05) is 18.2 Å². The van der Waals surface area contributed by atoms with Crippen molar-refractivity contribution in [2.45, 2.75) is 38.5 Å². The topological polar surface area (TPSA) is 40.6 Å². The quantitative estimate of drug-likeness (QED) is 0.302. The number of benzene rings is 2. The summed E-state index contributed by atoms with van der Waals surface area (Å²) in [6.45, 7) is 8.89. The number of hydrogen-bond donors (Lipinski definition) is 0. The van der Waals surface area contributed by atoms with Gasteiger partial charge in [0.25, 0.3) is 0 Å². The van der Waals surface area contributed by atoms with Gasteiger partial charge in [-0.1, -0.05) is 61.9 Å². The number of allylic oxidation sites excluding steroid dienone is 1. The third kappa shape index (κ3) is 7.07. The lowest BCUT2D eigenvalue weighted by molar-refractivity contribution is 0.227. The molecule has 0 spiro atoms. The maximum Gasteiger partial charge on any atom is 0.176 e. The van der Waals surface area contributed by atoms with Gasteiger partial charge in [-0.3, -0.25) is 4.90 Å². The first-order valence-corrected chi connectivity index (χ1v) is 15.8. The molecule has 1 aliphatic heterocycles. The summed E-state index contributed by atoms with van der Waals surface area (Å²) in [5.41, 5.74) is 2.80. The summed E-state index contributed by atoms with van der Waals surface area (Å²) in [5.74, 6) is -1.59. The zero-order chi connectivity index (χ0) is 28.2. The van der Waals surface area contributed by atoms with Crippen molar-refractivity contribution in [1.82, 2.24) is 9.80 Å². The van der Waals surface area contributed by atoms with Crippen LogP contribution in [0, 0.1) is 11.6 Å². The van der Waals surface area contributed by atoms with Crippen molar-refractivity contribution in [1.29, 1.82) is 0 Å². The Morgan fingerprint density at radius 1 is 1.05 bits per heavy atom. The minimum absolute atomic E-state index is 0.0231. The summed E-state index contributed by atoms with van der Waals surface area (Å²) in [4.78, 5) is 4.67. The van der Waals surface area contributed by atoms with Crippen LogP contribution in [0.5, 0.6) is 0 Å². The maximum absolute atomic E-state index is 13.8. The molecular formula is C31H37ClF2N2O2S. The molecule has 1 aliphatic carbocycles. The van der Waals surface area contributed by atoms with E-state index in [9.17, 15) is 17.2 Å². The first-order valence-electron chi connectivity index (χ1n) is 13.5. The molecular weight excluding hydrogens is 538 g/mol. The normalized spacial score (nSPS) is 19.8. The Morgan fingerprint density at radius 2 is 1.69 bits per heavy atom. The molecule has 1 saturated heterocycles. The van der Waals surface area contributed by atoms with Crippen LogP contribution in [0.1, 0.15) is 44.2 Å². The Morgan fingerprint density at radius 3 is 2.23 bits per heavy atom. The van der Waals surface area contributed by atoms with E-state index in [1.165, 1.54) is 0 Å². The van der Waals surface area contributed by atoms with Gasteiger partial charge in [0, 0.05) is 48.9 Å². The SMILES string of the molecule is CCCN(CCC)C[C@@]1(c2ccccc2Cl)C=CC(CN2CC(=C(c3cc(F)cc(F)c3)S(C)(=O)=O)C2)=CC1. The van der Waals surface area contributed by atoms with Crippen molar-refractivity contribution in [2.24, 2.45) is 0 Å². The molecule has 2 aliphatic rings. The number of likely N-dealkylation sites (tertiary alicyclic amines) is 1. The van der Waals surface area contributed by atoms with Crippen LogP contribution in [0.25, 0.3) is 4.91 Å². The highest BCUT2D eigenvalue weighted by atomic mass is 35.5. The minimum Gasteiger partial charge on any atom is -0.302 e. The monoisotopic (exact) mass is 574 g/mol. The molecule has 4 rings (SSSR count). The molecule has 4 nitrogen and oxygen atoms in total. The van der Waals surface area contributed by atoms with Gasteiger partial charge in [-0.2, -0.15) is 0 Å². The van der Waals surface area contributed by atoms with Crippen molar-refractivity contribution in [3.63, 3.8) is 0 Å². The van der Waals surface area contributed by atoms with Crippen LogP contribution >= 0.6 is 11.6 Å². The molecule has 2 aromatic carbocycles. The molecule has 0 unspecified atom stereocenters. The van der Waals surface area contributed by atoms with Gasteiger partial charge in [0.15, 0.2) is 9.84 Å². The van der Waals surface area contributed by atoms with Crippen LogP contribution in [0.15, 0.2) is 71.8 Å². The fourth-order valence-electron chi connectivity index (χ4n) is 5.77. The van der Waals surface area contributed by atoms with Gasteiger partial charge in [-0.25, -0.2) is 17.2 Å². The van der Waals surface area contributed by atoms with Gasteiger partial charge >= 0.3 is 0 Å². The summed E-state index contributed by atoms with van der Waals surface area (Å²) in [5, 5.41) is 0.770. The molecule has 2 aromatic rings.